The Bertz CT molecular complexity index is 736. The average molecular weight is 311 g/mol. The zero-order chi connectivity index (χ0) is 16.8. The van der Waals surface area contributed by atoms with Crippen LogP contribution in [0, 0.1) is 21.4 Å². The summed E-state index contributed by atoms with van der Waals surface area (Å²) in [6.07, 6.45) is 0.800. The van der Waals surface area contributed by atoms with Gasteiger partial charge in [0.05, 0.1) is 29.3 Å². The molecule has 0 fully saturated rings. The molecule has 2 rings (SSSR count). The highest BCUT2D eigenvalue weighted by Gasteiger charge is 2.15. The first-order chi connectivity index (χ1) is 11.1. The van der Waals surface area contributed by atoms with Crippen LogP contribution in [-0.4, -0.2) is 12.0 Å². The van der Waals surface area contributed by atoms with Crippen LogP contribution in [0.2, 0.25) is 0 Å². The summed E-state index contributed by atoms with van der Waals surface area (Å²) in [4.78, 5) is 10.3. The summed E-state index contributed by atoms with van der Waals surface area (Å²) >= 11 is 0. The van der Waals surface area contributed by atoms with E-state index in [1.165, 1.54) is 12.1 Å². The molecule has 0 heterocycles. The summed E-state index contributed by atoms with van der Waals surface area (Å²) in [7, 11) is 1.61. The van der Waals surface area contributed by atoms with Crippen LogP contribution in [0.25, 0.3) is 0 Å². The maximum Gasteiger partial charge on any atom is 0.270 e. The molecule has 0 amide bonds. The number of nitro benzene ring substituents is 1. The lowest BCUT2D eigenvalue weighted by atomic mass is 10.0. The Labute approximate surface area is 134 Å². The van der Waals surface area contributed by atoms with Crippen molar-refractivity contribution in [2.24, 2.45) is 0 Å². The molecular weight excluding hydrogens is 294 g/mol. The minimum Gasteiger partial charge on any atom is -0.497 e. The fourth-order valence-electron chi connectivity index (χ4n) is 2.31. The second-order valence-corrected chi connectivity index (χ2v) is 4.98. The van der Waals surface area contributed by atoms with Crippen molar-refractivity contribution in [2.75, 3.05) is 12.4 Å². The van der Waals surface area contributed by atoms with Gasteiger partial charge in [-0.1, -0.05) is 19.1 Å². The van der Waals surface area contributed by atoms with Crippen molar-refractivity contribution in [3.8, 4) is 11.8 Å². The number of methoxy groups -OCH3 is 1. The first kappa shape index (κ1) is 16.3. The highest BCUT2D eigenvalue weighted by Crippen LogP contribution is 2.28. The van der Waals surface area contributed by atoms with Gasteiger partial charge in [-0.2, -0.15) is 5.26 Å². The smallest absolute Gasteiger partial charge is 0.270 e. The standard InChI is InChI=1S/C17H17N3O3/c1-3-16(12-4-7-15(23-2)8-5-12)19-17-9-6-14(20(21)22)10-13(17)11-18/h4-10,16,19H,3H2,1-2H3. The molecule has 0 saturated heterocycles. The largest absolute Gasteiger partial charge is 0.497 e. The maximum absolute atomic E-state index is 10.8. The summed E-state index contributed by atoms with van der Waals surface area (Å²) in [6.45, 7) is 2.03. The van der Waals surface area contributed by atoms with E-state index in [9.17, 15) is 15.4 Å². The molecule has 0 radical (unpaired) electrons. The number of nitrogens with zero attached hydrogens (tertiary/aromatic N) is 2. The second kappa shape index (κ2) is 7.27. The van der Waals surface area contributed by atoms with Crippen LogP contribution < -0.4 is 10.1 Å². The van der Waals surface area contributed by atoms with Crippen LogP contribution in [0.3, 0.4) is 0 Å². The number of ether oxygens (including phenoxy) is 1. The summed E-state index contributed by atoms with van der Waals surface area (Å²) in [5, 5.41) is 23.3. The molecule has 6 heteroatoms. The SMILES string of the molecule is CCC(Nc1ccc([N+](=O)[O-])cc1C#N)c1ccc(OC)cc1. The number of anilines is 1. The van der Waals surface area contributed by atoms with Gasteiger partial charge in [-0.3, -0.25) is 10.1 Å². The Morgan fingerprint density at radius 2 is 2.00 bits per heavy atom. The van der Waals surface area contributed by atoms with E-state index in [0.29, 0.717) is 5.69 Å². The van der Waals surface area contributed by atoms with Crippen LogP contribution in [-0.2, 0) is 0 Å². The Morgan fingerprint density at radius 1 is 1.30 bits per heavy atom. The molecule has 2 aromatic rings. The van der Waals surface area contributed by atoms with Crippen molar-refractivity contribution < 1.29 is 9.66 Å². The van der Waals surface area contributed by atoms with E-state index in [-0.39, 0.29) is 17.3 Å². The molecule has 0 aliphatic rings. The average Bonchev–Trinajstić information content (AvgIpc) is 2.59. The number of hydrogen-bond acceptors (Lipinski definition) is 5. The summed E-state index contributed by atoms with van der Waals surface area (Å²) in [5.41, 5.74) is 1.80. The lowest BCUT2D eigenvalue weighted by Gasteiger charge is -2.19. The van der Waals surface area contributed by atoms with Crippen molar-refractivity contribution in [2.45, 2.75) is 19.4 Å². The normalized spacial score (nSPS) is 11.3. The second-order valence-electron chi connectivity index (χ2n) is 4.98. The first-order valence-corrected chi connectivity index (χ1v) is 7.18. The molecule has 1 atom stereocenters. The molecule has 23 heavy (non-hydrogen) atoms. The van der Waals surface area contributed by atoms with E-state index in [2.05, 4.69) is 5.32 Å². The van der Waals surface area contributed by atoms with Gasteiger partial charge in [-0.15, -0.1) is 0 Å². The number of nitrogens with one attached hydrogen (secondary N) is 1. The van der Waals surface area contributed by atoms with Gasteiger partial charge in [-0.25, -0.2) is 0 Å². The van der Waals surface area contributed by atoms with Gasteiger partial charge in [0, 0.05) is 12.1 Å². The van der Waals surface area contributed by atoms with Crippen molar-refractivity contribution in [3.63, 3.8) is 0 Å². The fraction of sp³-hybridized carbons (Fsp3) is 0.235. The number of non-ortho nitro benzene ring substituents is 1. The predicted octanol–water partition coefficient (Wildman–Crippen LogP) is 4.04. The summed E-state index contributed by atoms with van der Waals surface area (Å²) in [5.74, 6) is 0.775. The molecule has 2 aromatic carbocycles. The van der Waals surface area contributed by atoms with Gasteiger partial charge in [-0.05, 0) is 30.2 Å². The maximum atomic E-state index is 10.8. The van der Waals surface area contributed by atoms with Crippen LogP contribution >= 0.6 is 0 Å². The van der Waals surface area contributed by atoms with Gasteiger partial charge >= 0.3 is 0 Å². The van der Waals surface area contributed by atoms with Crippen molar-refractivity contribution >= 4 is 11.4 Å². The topological polar surface area (TPSA) is 88.2 Å². The highest BCUT2D eigenvalue weighted by atomic mass is 16.6. The van der Waals surface area contributed by atoms with Gasteiger partial charge in [0.1, 0.15) is 11.8 Å². The van der Waals surface area contributed by atoms with Gasteiger partial charge in [0.15, 0.2) is 0 Å². The molecule has 1 unspecified atom stereocenters. The lowest BCUT2D eigenvalue weighted by molar-refractivity contribution is -0.384. The van der Waals surface area contributed by atoms with E-state index in [1.807, 2.05) is 37.3 Å². The fourth-order valence-corrected chi connectivity index (χ4v) is 2.31. The van der Waals surface area contributed by atoms with Crippen LogP contribution in [0.15, 0.2) is 42.5 Å². The molecular formula is C17H17N3O3. The number of nitriles is 1. The monoisotopic (exact) mass is 311 g/mol. The Morgan fingerprint density at radius 3 is 2.52 bits per heavy atom. The number of rotatable bonds is 6. The van der Waals surface area contributed by atoms with Crippen LogP contribution in [0.4, 0.5) is 11.4 Å². The van der Waals surface area contributed by atoms with E-state index in [1.54, 1.807) is 13.2 Å². The van der Waals surface area contributed by atoms with Gasteiger partial charge in [0.2, 0.25) is 0 Å². The minimum atomic E-state index is -0.509. The number of nitro groups is 1. The quantitative estimate of drug-likeness (QED) is 0.642. The van der Waals surface area contributed by atoms with Crippen molar-refractivity contribution in [1.82, 2.24) is 0 Å². The Balaban J connectivity index is 2.27. The third kappa shape index (κ3) is 3.77. The van der Waals surface area contributed by atoms with Crippen LogP contribution in [0.1, 0.15) is 30.5 Å². The number of benzene rings is 2. The number of hydrogen-bond donors (Lipinski definition) is 1. The first-order valence-electron chi connectivity index (χ1n) is 7.18. The van der Waals surface area contributed by atoms with E-state index in [4.69, 9.17) is 4.74 Å². The molecule has 0 spiro atoms. The lowest BCUT2D eigenvalue weighted by Crippen LogP contribution is -2.10. The molecule has 0 aromatic heterocycles. The van der Waals surface area contributed by atoms with E-state index in [0.717, 1.165) is 17.7 Å². The third-order valence-electron chi connectivity index (χ3n) is 3.59. The van der Waals surface area contributed by atoms with E-state index >= 15 is 0 Å². The minimum absolute atomic E-state index is 0.00513. The Kier molecular flexibility index (Phi) is 5.15. The third-order valence-corrected chi connectivity index (χ3v) is 3.59. The van der Waals surface area contributed by atoms with Gasteiger partial charge < -0.3 is 10.1 Å². The van der Waals surface area contributed by atoms with Crippen molar-refractivity contribution in [3.05, 3.63) is 63.7 Å². The molecule has 0 aliphatic carbocycles. The zero-order valence-corrected chi connectivity index (χ0v) is 12.9. The molecule has 118 valence electrons. The highest BCUT2D eigenvalue weighted by molar-refractivity contribution is 5.62. The molecule has 0 aliphatic heterocycles. The summed E-state index contributed by atoms with van der Waals surface area (Å²) < 4.78 is 5.15. The van der Waals surface area contributed by atoms with Crippen molar-refractivity contribution in [1.29, 1.82) is 5.26 Å². The van der Waals surface area contributed by atoms with Crippen LogP contribution in [0.5, 0.6) is 5.75 Å². The molecule has 6 nitrogen and oxygen atoms in total. The molecule has 0 saturated carbocycles. The Hall–Kier alpha value is -3.07. The predicted molar refractivity (Wildman–Crippen MR) is 87.5 cm³/mol. The van der Waals surface area contributed by atoms with E-state index < -0.39 is 4.92 Å². The zero-order valence-electron chi connectivity index (χ0n) is 12.9. The summed E-state index contributed by atoms with van der Waals surface area (Å²) in [6, 6.07) is 13.9. The van der Waals surface area contributed by atoms with Gasteiger partial charge in [0.25, 0.3) is 5.69 Å². The molecule has 0 bridgehead atoms. The molecule has 1 N–H and O–H groups in total.